The van der Waals surface area contributed by atoms with Crippen LogP contribution in [0.15, 0.2) is 38.7 Å². The van der Waals surface area contributed by atoms with Gasteiger partial charge in [0.15, 0.2) is 0 Å². The first-order chi connectivity index (χ1) is 9.31. The van der Waals surface area contributed by atoms with Crippen LogP contribution >= 0.6 is 27.3 Å². The Hall–Kier alpha value is -1.24. The summed E-state index contributed by atoms with van der Waals surface area (Å²) in [6, 6.07) is 8.14. The Morgan fingerprint density at radius 3 is 2.95 bits per heavy atom. The van der Waals surface area contributed by atoms with E-state index in [9.17, 15) is 0 Å². The maximum Gasteiger partial charge on any atom is 0.135 e. The minimum Gasteiger partial charge on any atom is -0.312 e. The molecule has 4 nitrogen and oxygen atoms in total. The predicted molar refractivity (Wildman–Crippen MR) is 79.2 cm³/mol. The molecular formula is C13H12BrN3OS. The zero-order chi connectivity index (χ0) is 13.1. The van der Waals surface area contributed by atoms with Crippen molar-refractivity contribution in [3.63, 3.8) is 0 Å². The van der Waals surface area contributed by atoms with Gasteiger partial charge in [-0.15, -0.1) is 11.3 Å². The molecule has 2 heterocycles. The average Bonchev–Trinajstić information content (AvgIpc) is 3.03. The molecule has 0 aliphatic carbocycles. The number of aromatic nitrogens is 2. The summed E-state index contributed by atoms with van der Waals surface area (Å²) in [5, 5.41) is 13.2. The quantitative estimate of drug-likeness (QED) is 0.725. The highest BCUT2D eigenvalue weighted by atomic mass is 79.9. The highest BCUT2D eigenvalue weighted by Crippen LogP contribution is 2.19. The van der Waals surface area contributed by atoms with Crippen LogP contribution < -0.4 is 5.32 Å². The van der Waals surface area contributed by atoms with Crippen molar-refractivity contribution in [1.82, 2.24) is 15.6 Å². The molecule has 0 saturated heterocycles. The summed E-state index contributed by atoms with van der Waals surface area (Å²) in [5.41, 5.74) is 2.80. The van der Waals surface area contributed by atoms with E-state index in [-0.39, 0.29) is 0 Å². The minimum atomic E-state index is 0.798. The predicted octanol–water partition coefficient (Wildman–Crippen LogP) is 3.38. The number of nitrogens with one attached hydrogen (secondary N) is 1. The molecule has 1 N–H and O–H groups in total. The highest BCUT2D eigenvalue weighted by molar-refractivity contribution is 9.10. The first kappa shape index (κ1) is 12.8. The molecule has 2 aromatic heterocycles. The van der Waals surface area contributed by atoms with Gasteiger partial charge < -0.3 is 5.32 Å². The molecule has 1 aromatic carbocycles. The fraction of sp³-hybridized carbons (Fsp3) is 0.231. The number of nitrogens with zero attached hydrogens (tertiary/aromatic N) is 2. The lowest BCUT2D eigenvalue weighted by Gasteiger charge is -2.03. The van der Waals surface area contributed by atoms with Crippen LogP contribution in [0.25, 0.3) is 11.0 Å². The Morgan fingerprint density at radius 2 is 2.11 bits per heavy atom. The van der Waals surface area contributed by atoms with Crippen molar-refractivity contribution in [2.24, 2.45) is 0 Å². The lowest BCUT2D eigenvalue weighted by Crippen LogP contribution is -2.16. The van der Waals surface area contributed by atoms with E-state index >= 15 is 0 Å². The molecule has 0 fully saturated rings. The molecule has 6 heteroatoms. The number of hydrogen-bond donors (Lipinski definition) is 1. The lowest BCUT2D eigenvalue weighted by molar-refractivity contribution is 0.315. The van der Waals surface area contributed by atoms with E-state index in [4.69, 9.17) is 0 Å². The summed E-state index contributed by atoms with van der Waals surface area (Å²) in [6.45, 7) is 1.79. The number of hydrogen-bond acceptors (Lipinski definition) is 5. The molecule has 3 aromatic rings. The van der Waals surface area contributed by atoms with Crippen LogP contribution in [0.2, 0.25) is 0 Å². The second-order valence-corrected chi connectivity index (χ2v) is 6.16. The van der Waals surface area contributed by atoms with Gasteiger partial charge in [-0.25, -0.2) is 4.63 Å². The zero-order valence-corrected chi connectivity index (χ0v) is 12.5. The molecule has 0 unspecified atom stereocenters. The molecule has 0 atom stereocenters. The first-order valence-electron chi connectivity index (χ1n) is 5.96. The van der Waals surface area contributed by atoms with E-state index in [0.717, 1.165) is 35.0 Å². The van der Waals surface area contributed by atoms with Crippen LogP contribution in [0.5, 0.6) is 0 Å². The standard InChI is InChI=1S/C13H12BrN3OS/c14-10-6-11(19-8-10)3-4-15-7-9-1-2-12-13(5-9)17-18-16-12/h1-2,5-6,8,15H,3-4,7H2. The fourth-order valence-electron chi connectivity index (χ4n) is 1.87. The van der Waals surface area contributed by atoms with Gasteiger partial charge >= 0.3 is 0 Å². The maximum atomic E-state index is 4.68. The number of rotatable bonds is 5. The van der Waals surface area contributed by atoms with E-state index in [1.807, 2.05) is 18.2 Å². The molecule has 0 aliphatic heterocycles. The van der Waals surface area contributed by atoms with Gasteiger partial charge in [-0.1, -0.05) is 6.07 Å². The Kier molecular flexibility index (Phi) is 3.91. The maximum absolute atomic E-state index is 4.68. The summed E-state index contributed by atoms with van der Waals surface area (Å²) in [6.07, 6.45) is 1.05. The molecular weight excluding hydrogens is 326 g/mol. The zero-order valence-electron chi connectivity index (χ0n) is 10.1. The van der Waals surface area contributed by atoms with Gasteiger partial charge in [0.2, 0.25) is 0 Å². The number of halogens is 1. The largest absolute Gasteiger partial charge is 0.312 e. The number of thiophene rings is 1. The van der Waals surface area contributed by atoms with Gasteiger partial charge in [0.1, 0.15) is 11.0 Å². The summed E-state index contributed by atoms with van der Waals surface area (Å²) >= 11 is 5.25. The van der Waals surface area contributed by atoms with Crippen molar-refractivity contribution in [3.05, 3.63) is 44.6 Å². The topological polar surface area (TPSA) is 51.0 Å². The summed E-state index contributed by atoms with van der Waals surface area (Å²) in [4.78, 5) is 1.38. The van der Waals surface area contributed by atoms with Gasteiger partial charge in [0.05, 0.1) is 0 Å². The van der Waals surface area contributed by atoms with Gasteiger partial charge in [0, 0.05) is 27.8 Å². The molecule has 98 valence electrons. The van der Waals surface area contributed by atoms with E-state index in [1.54, 1.807) is 11.3 Å². The Morgan fingerprint density at radius 1 is 1.21 bits per heavy atom. The van der Waals surface area contributed by atoms with Crippen LogP contribution in [-0.2, 0) is 13.0 Å². The summed E-state index contributed by atoms with van der Waals surface area (Å²) in [5.74, 6) is 0. The Balaban J connectivity index is 1.51. The molecule has 0 saturated carbocycles. The van der Waals surface area contributed by atoms with Crippen molar-refractivity contribution >= 4 is 38.3 Å². The molecule has 0 aliphatic rings. The van der Waals surface area contributed by atoms with Crippen molar-refractivity contribution in [1.29, 1.82) is 0 Å². The minimum absolute atomic E-state index is 0.798. The van der Waals surface area contributed by atoms with Gasteiger partial charge in [0.25, 0.3) is 0 Å². The summed E-state index contributed by atoms with van der Waals surface area (Å²) < 4.78 is 5.85. The number of benzene rings is 1. The SMILES string of the molecule is Brc1csc(CCNCc2ccc3nonc3c2)c1. The van der Waals surface area contributed by atoms with Crippen molar-refractivity contribution in [2.75, 3.05) is 6.54 Å². The smallest absolute Gasteiger partial charge is 0.135 e. The molecule has 3 rings (SSSR count). The van der Waals surface area contributed by atoms with Crippen LogP contribution in [-0.4, -0.2) is 16.9 Å². The number of fused-ring (bicyclic) bond motifs is 1. The second-order valence-electron chi connectivity index (χ2n) is 4.25. The molecule has 0 amide bonds. The van der Waals surface area contributed by atoms with Gasteiger partial charge in [-0.3, -0.25) is 0 Å². The molecule has 0 spiro atoms. The van der Waals surface area contributed by atoms with E-state index in [2.05, 4.69) is 47.6 Å². The second kappa shape index (κ2) is 5.81. The third kappa shape index (κ3) is 3.20. The molecule has 0 radical (unpaired) electrons. The normalized spacial score (nSPS) is 11.2. The summed E-state index contributed by atoms with van der Waals surface area (Å²) in [7, 11) is 0. The third-order valence-corrected chi connectivity index (χ3v) is 4.57. The fourth-order valence-corrected chi connectivity index (χ4v) is 3.32. The van der Waals surface area contributed by atoms with E-state index in [0.29, 0.717) is 0 Å². The third-order valence-electron chi connectivity index (χ3n) is 2.82. The van der Waals surface area contributed by atoms with Crippen LogP contribution in [0, 0.1) is 0 Å². The lowest BCUT2D eigenvalue weighted by atomic mass is 10.2. The molecule has 19 heavy (non-hydrogen) atoms. The van der Waals surface area contributed by atoms with Crippen molar-refractivity contribution in [3.8, 4) is 0 Å². The van der Waals surface area contributed by atoms with E-state index < -0.39 is 0 Å². The van der Waals surface area contributed by atoms with Crippen molar-refractivity contribution in [2.45, 2.75) is 13.0 Å². The Bertz CT molecular complexity index is 679. The van der Waals surface area contributed by atoms with Crippen LogP contribution in [0.3, 0.4) is 0 Å². The van der Waals surface area contributed by atoms with Gasteiger partial charge in [-0.2, -0.15) is 0 Å². The van der Waals surface area contributed by atoms with E-state index in [1.165, 1.54) is 10.4 Å². The first-order valence-corrected chi connectivity index (χ1v) is 7.63. The van der Waals surface area contributed by atoms with Crippen LogP contribution in [0.1, 0.15) is 10.4 Å². The molecule has 0 bridgehead atoms. The van der Waals surface area contributed by atoms with Crippen LogP contribution in [0.4, 0.5) is 0 Å². The van der Waals surface area contributed by atoms with Gasteiger partial charge in [-0.05, 0) is 56.4 Å². The monoisotopic (exact) mass is 337 g/mol. The Labute approximate surface area is 122 Å². The highest BCUT2D eigenvalue weighted by Gasteiger charge is 2.02. The average molecular weight is 338 g/mol. The van der Waals surface area contributed by atoms with Crippen molar-refractivity contribution < 1.29 is 4.63 Å².